The van der Waals surface area contributed by atoms with Crippen molar-refractivity contribution >= 4 is 40.3 Å². The van der Waals surface area contributed by atoms with Crippen molar-refractivity contribution in [2.75, 3.05) is 36.4 Å². The number of anilines is 2. The van der Waals surface area contributed by atoms with Crippen LogP contribution >= 0.6 is 11.6 Å². The van der Waals surface area contributed by atoms with Crippen molar-refractivity contribution in [2.45, 2.75) is 13.5 Å². The number of piperazine rings is 1. The zero-order valence-corrected chi connectivity index (χ0v) is 15.6. The fourth-order valence-electron chi connectivity index (χ4n) is 3.11. The number of urea groups is 1. The summed E-state index contributed by atoms with van der Waals surface area (Å²) < 4.78 is 1.75. The van der Waals surface area contributed by atoms with Crippen molar-refractivity contribution < 1.29 is 4.79 Å². The molecular formula is C17H19ClN8O. The van der Waals surface area contributed by atoms with Crippen molar-refractivity contribution in [3.63, 3.8) is 0 Å². The first kappa shape index (κ1) is 17.5. The number of nitrogens with zero attached hydrogens (tertiary/aromatic N) is 7. The predicted molar refractivity (Wildman–Crippen MR) is 103 cm³/mol. The molecule has 27 heavy (non-hydrogen) atoms. The third-order valence-electron chi connectivity index (χ3n) is 4.52. The number of rotatable bonds is 3. The first-order valence-electron chi connectivity index (χ1n) is 8.76. The molecule has 1 aromatic carbocycles. The number of amides is 2. The van der Waals surface area contributed by atoms with E-state index in [0.717, 1.165) is 11.5 Å². The van der Waals surface area contributed by atoms with Gasteiger partial charge in [-0.1, -0.05) is 22.9 Å². The lowest BCUT2D eigenvalue weighted by Crippen LogP contribution is -2.50. The molecule has 0 bridgehead atoms. The van der Waals surface area contributed by atoms with E-state index in [1.807, 2.05) is 13.0 Å². The van der Waals surface area contributed by atoms with Crippen molar-refractivity contribution in [1.82, 2.24) is 29.9 Å². The lowest BCUT2D eigenvalue weighted by Gasteiger charge is -2.35. The number of benzene rings is 1. The van der Waals surface area contributed by atoms with Gasteiger partial charge in [-0.3, -0.25) is 0 Å². The molecular weight excluding hydrogens is 368 g/mol. The number of halogens is 1. The monoisotopic (exact) mass is 386 g/mol. The Kier molecular flexibility index (Phi) is 4.76. The fraction of sp³-hybridized carbons (Fsp3) is 0.353. The van der Waals surface area contributed by atoms with Gasteiger partial charge in [0.2, 0.25) is 0 Å². The molecule has 1 fully saturated rings. The summed E-state index contributed by atoms with van der Waals surface area (Å²) in [6.07, 6.45) is 1.53. The Morgan fingerprint density at radius 3 is 2.78 bits per heavy atom. The van der Waals surface area contributed by atoms with Crippen LogP contribution in [-0.2, 0) is 6.54 Å². The summed E-state index contributed by atoms with van der Waals surface area (Å²) in [5.41, 5.74) is 2.10. The van der Waals surface area contributed by atoms with Crippen molar-refractivity contribution in [3.8, 4) is 0 Å². The Morgan fingerprint density at radius 1 is 1.22 bits per heavy atom. The van der Waals surface area contributed by atoms with Gasteiger partial charge >= 0.3 is 6.03 Å². The highest BCUT2D eigenvalue weighted by Crippen LogP contribution is 2.22. The molecule has 2 aromatic heterocycles. The summed E-state index contributed by atoms with van der Waals surface area (Å²) in [7, 11) is 0. The van der Waals surface area contributed by atoms with Gasteiger partial charge in [0.1, 0.15) is 6.33 Å². The molecule has 3 heterocycles. The molecule has 0 saturated carbocycles. The van der Waals surface area contributed by atoms with Crippen LogP contribution < -0.4 is 10.2 Å². The second kappa shape index (κ2) is 7.36. The van der Waals surface area contributed by atoms with Crippen LogP contribution in [0.3, 0.4) is 0 Å². The second-order valence-corrected chi connectivity index (χ2v) is 6.63. The van der Waals surface area contributed by atoms with E-state index >= 15 is 0 Å². The molecule has 3 aromatic rings. The van der Waals surface area contributed by atoms with E-state index < -0.39 is 0 Å². The normalized spacial score (nSPS) is 14.6. The fourth-order valence-corrected chi connectivity index (χ4v) is 3.30. The number of fused-ring (bicyclic) bond motifs is 1. The van der Waals surface area contributed by atoms with Crippen molar-refractivity contribution in [3.05, 3.63) is 35.6 Å². The number of carbonyl (C=O) groups is 1. The molecule has 10 heteroatoms. The molecule has 0 radical (unpaired) electrons. The van der Waals surface area contributed by atoms with Gasteiger partial charge in [-0.15, -0.1) is 5.10 Å². The van der Waals surface area contributed by atoms with Gasteiger partial charge in [-0.2, -0.15) is 0 Å². The minimum absolute atomic E-state index is 0.137. The molecule has 1 saturated heterocycles. The number of nitrogens with one attached hydrogen (secondary N) is 1. The first-order valence-corrected chi connectivity index (χ1v) is 9.14. The second-order valence-electron chi connectivity index (χ2n) is 6.19. The van der Waals surface area contributed by atoms with Crippen LogP contribution in [0, 0.1) is 0 Å². The predicted octanol–water partition coefficient (Wildman–Crippen LogP) is 2.25. The van der Waals surface area contributed by atoms with Crippen molar-refractivity contribution in [2.24, 2.45) is 0 Å². The van der Waals surface area contributed by atoms with Crippen LogP contribution in [0.5, 0.6) is 0 Å². The minimum atomic E-state index is -0.137. The van der Waals surface area contributed by atoms with Gasteiger partial charge in [0.25, 0.3) is 0 Å². The van der Waals surface area contributed by atoms with E-state index in [0.29, 0.717) is 49.0 Å². The molecule has 9 nitrogen and oxygen atoms in total. The summed E-state index contributed by atoms with van der Waals surface area (Å²) >= 11 is 5.96. The van der Waals surface area contributed by atoms with E-state index in [2.05, 4.69) is 30.5 Å². The molecule has 0 atom stereocenters. The van der Waals surface area contributed by atoms with Gasteiger partial charge in [0, 0.05) is 43.4 Å². The van der Waals surface area contributed by atoms with E-state index in [1.54, 1.807) is 27.8 Å². The zero-order valence-electron chi connectivity index (χ0n) is 14.8. The third-order valence-corrected chi connectivity index (χ3v) is 4.76. The molecule has 0 aliphatic carbocycles. The topological polar surface area (TPSA) is 92.1 Å². The molecule has 2 amide bonds. The maximum atomic E-state index is 12.5. The Balaban J connectivity index is 1.43. The average Bonchev–Trinajstić information content (AvgIpc) is 3.11. The minimum Gasteiger partial charge on any atom is -0.351 e. The number of hydrogen-bond acceptors (Lipinski definition) is 6. The smallest absolute Gasteiger partial charge is 0.321 e. The summed E-state index contributed by atoms with van der Waals surface area (Å²) in [5, 5.41) is 11.8. The van der Waals surface area contributed by atoms with E-state index in [9.17, 15) is 4.79 Å². The highest BCUT2D eigenvalue weighted by molar-refractivity contribution is 6.30. The lowest BCUT2D eigenvalue weighted by atomic mass is 10.3. The molecule has 140 valence electrons. The third kappa shape index (κ3) is 3.50. The van der Waals surface area contributed by atoms with Gasteiger partial charge in [0.15, 0.2) is 17.0 Å². The van der Waals surface area contributed by atoms with Gasteiger partial charge in [0.05, 0.1) is 0 Å². The molecule has 1 aliphatic heterocycles. The number of carbonyl (C=O) groups excluding carboxylic acids is 1. The maximum Gasteiger partial charge on any atom is 0.321 e. The first-order chi connectivity index (χ1) is 13.2. The van der Waals surface area contributed by atoms with Gasteiger partial charge < -0.3 is 15.1 Å². The largest absolute Gasteiger partial charge is 0.351 e. The lowest BCUT2D eigenvalue weighted by molar-refractivity contribution is 0.208. The Bertz CT molecular complexity index is 966. The Labute approximate surface area is 160 Å². The highest BCUT2D eigenvalue weighted by Gasteiger charge is 2.24. The SMILES string of the molecule is CCn1nnc2c(N3CCN(C(=O)Nc4cccc(Cl)c4)CC3)ncnc21. The number of aryl methyl sites for hydroxylation is 1. The molecule has 4 rings (SSSR count). The molecule has 0 unspecified atom stereocenters. The summed E-state index contributed by atoms with van der Waals surface area (Å²) in [6.45, 7) is 5.18. The molecule has 1 N–H and O–H groups in total. The number of hydrogen-bond donors (Lipinski definition) is 1. The summed E-state index contributed by atoms with van der Waals surface area (Å²) in [5.74, 6) is 0.759. The van der Waals surface area contributed by atoms with Crippen LogP contribution in [0.4, 0.5) is 16.3 Å². The van der Waals surface area contributed by atoms with E-state index in [-0.39, 0.29) is 6.03 Å². The zero-order chi connectivity index (χ0) is 18.8. The Morgan fingerprint density at radius 2 is 2.04 bits per heavy atom. The summed E-state index contributed by atoms with van der Waals surface area (Å²) in [4.78, 5) is 25.0. The van der Waals surface area contributed by atoms with Crippen LogP contribution in [0.2, 0.25) is 5.02 Å². The quantitative estimate of drug-likeness (QED) is 0.742. The van der Waals surface area contributed by atoms with Crippen LogP contribution in [0.1, 0.15) is 6.92 Å². The number of aromatic nitrogens is 5. The average molecular weight is 387 g/mol. The summed E-state index contributed by atoms with van der Waals surface area (Å²) in [6, 6.07) is 6.98. The van der Waals surface area contributed by atoms with Gasteiger partial charge in [-0.05, 0) is 25.1 Å². The standard InChI is InChI=1S/C17H19ClN8O/c1-2-26-16-14(22-23-26)15(19-11-20-16)24-6-8-25(9-7-24)17(27)21-13-5-3-4-12(18)10-13/h3-5,10-11H,2,6-9H2,1H3,(H,21,27). The maximum absolute atomic E-state index is 12.5. The van der Waals surface area contributed by atoms with E-state index in [1.165, 1.54) is 6.33 Å². The van der Waals surface area contributed by atoms with E-state index in [4.69, 9.17) is 11.6 Å². The van der Waals surface area contributed by atoms with Gasteiger partial charge in [-0.25, -0.2) is 19.4 Å². The van der Waals surface area contributed by atoms with Crippen molar-refractivity contribution in [1.29, 1.82) is 0 Å². The molecule has 0 spiro atoms. The van der Waals surface area contributed by atoms with Crippen LogP contribution in [0.15, 0.2) is 30.6 Å². The van der Waals surface area contributed by atoms with Crippen LogP contribution in [-0.4, -0.2) is 62.1 Å². The molecule has 1 aliphatic rings. The highest BCUT2D eigenvalue weighted by atomic mass is 35.5. The van der Waals surface area contributed by atoms with Crippen LogP contribution in [0.25, 0.3) is 11.2 Å². The Hall–Kier alpha value is -2.94.